The second kappa shape index (κ2) is 5.25. The molecule has 1 aromatic carbocycles. The second-order valence-electron chi connectivity index (χ2n) is 5.33. The third-order valence-electron chi connectivity index (χ3n) is 3.38. The predicted molar refractivity (Wildman–Crippen MR) is 66.5 cm³/mol. The SMILES string of the molecule is CC1(O)CCCN(C(=O)Cc2ccc(F)cc2F)C1. The van der Waals surface area contributed by atoms with Crippen LogP contribution in [0.25, 0.3) is 0 Å². The van der Waals surface area contributed by atoms with Crippen LogP contribution < -0.4 is 0 Å². The third-order valence-corrected chi connectivity index (χ3v) is 3.38. The summed E-state index contributed by atoms with van der Waals surface area (Å²) < 4.78 is 26.2. The lowest BCUT2D eigenvalue weighted by Crippen LogP contribution is -2.49. The summed E-state index contributed by atoms with van der Waals surface area (Å²) in [6, 6.07) is 3.19. The molecule has 1 aliphatic heterocycles. The maximum atomic E-state index is 13.5. The van der Waals surface area contributed by atoms with Crippen molar-refractivity contribution in [2.45, 2.75) is 31.8 Å². The van der Waals surface area contributed by atoms with Crippen LogP contribution in [0.1, 0.15) is 25.3 Å². The van der Waals surface area contributed by atoms with Gasteiger partial charge in [0.05, 0.1) is 12.0 Å². The van der Waals surface area contributed by atoms with Gasteiger partial charge >= 0.3 is 0 Å². The molecule has 0 spiro atoms. The number of hydrogen-bond donors (Lipinski definition) is 1. The summed E-state index contributed by atoms with van der Waals surface area (Å²) in [6.07, 6.45) is 1.27. The smallest absolute Gasteiger partial charge is 0.227 e. The van der Waals surface area contributed by atoms with Crippen LogP contribution in [0, 0.1) is 11.6 Å². The number of amides is 1. The molecule has 1 N–H and O–H groups in total. The summed E-state index contributed by atoms with van der Waals surface area (Å²) in [5.41, 5.74) is -0.702. The molecule has 104 valence electrons. The zero-order chi connectivity index (χ0) is 14.0. The number of nitrogens with zero attached hydrogens (tertiary/aromatic N) is 1. The Balaban J connectivity index is 2.04. The van der Waals surface area contributed by atoms with Crippen LogP contribution in [0.4, 0.5) is 8.78 Å². The number of benzene rings is 1. The van der Waals surface area contributed by atoms with E-state index in [1.165, 1.54) is 11.0 Å². The van der Waals surface area contributed by atoms with Crippen LogP contribution in [-0.2, 0) is 11.2 Å². The lowest BCUT2D eigenvalue weighted by atomic mass is 9.94. The molecule has 0 saturated carbocycles. The van der Waals surface area contributed by atoms with Crippen LogP contribution in [0.5, 0.6) is 0 Å². The van der Waals surface area contributed by atoms with Crippen LogP contribution in [0.15, 0.2) is 18.2 Å². The molecule has 1 saturated heterocycles. The zero-order valence-corrected chi connectivity index (χ0v) is 10.8. The van der Waals surface area contributed by atoms with E-state index in [0.29, 0.717) is 13.0 Å². The highest BCUT2D eigenvalue weighted by Gasteiger charge is 2.30. The first-order chi connectivity index (χ1) is 8.87. The molecule has 1 heterocycles. The van der Waals surface area contributed by atoms with Gasteiger partial charge in [0.2, 0.25) is 5.91 Å². The highest BCUT2D eigenvalue weighted by molar-refractivity contribution is 5.79. The molecular weight excluding hydrogens is 252 g/mol. The Hall–Kier alpha value is -1.49. The molecule has 1 atom stereocenters. The summed E-state index contributed by atoms with van der Waals surface area (Å²) >= 11 is 0. The number of hydrogen-bond acceptors (Lipinski definition) is 2. The lowest BCUT2D eigenvalue weighted by Gasteiger charge is -2.36. The molecule has 1 unspecified atom stereocenters. The second-order valence-corrected chi connectivity index (χ2v) is 5.33. The van der Waals surface area contributed by atoms with Crippen molar-refractivity contribution in [3.05, 3.63) is 35.4 Å². The van der Waals surface area contributed by atoms with Gasteiger partial charge in [-0.25, -0.2) is 8.78 Å². The monoisotopic (exact) mass is 269 g/mol. The molecule has 2 rings (SSSR count). The first-order valence-corrected chi connectivity index (χ1v) is 6.31. The Kier molecular flexibility index (Phi) is 3.85. The molecule has 0 aromatic heterocycles. The number of halogens is 2. The van der Waals surface area contributed by atoms with Crippen molar-refractivity contribution in [3.8, 4) is 0 Å². The van der Waals surface area contributed by atoms with Crippen molar-refractivity contribution in [2.24, 2.45) is 0 Å². The van der Waals surface area contributed by atoms with Crippen molar-refractivity contribution in [2.75, 3.05) is 13.1 Å². The van der Waals surface area contributed by atoms with Gasteiger partial charge in [-0.15, -0.1) is 0 Å². The summed E-state index contributed by atoms with van der Waals surface area (Å²) in [6.45, 7) is 2.51. The van der Waals surface area contributed by atoms with Gasteiger partial charge in [0, 0.05) is 19.2 Å². The van der Waals surface area contributed by atoms with E-state index in [1.807, 2.05) is 0 Å². The Labute approximate surface area is 110 Å². The number of β-amino-alcohol motifs (C(OH)–C–C–N with tert-alkyl or cyclic N) is 1. The van der Waals surface area contributed by atoms with Gasteiger partial charge in [0.25, 0.3) is 0 Å². The molecule has 0 aliphatic carbocycles. The average Bonchev–Trinajstić information content (AvgIpc) is 2.31. The van der Waals surface area contributed by atoms with E-state index >= 15 is 0 Å². The van der Waals surface area contributed by atoms with Crippen molar-refractivity contribution < 1.29 is 18.7 Å². The standard InChI is InChI=1S/C14H17F2NO2/c1-14(19)5-2-6-17(9-14)13(18)7-10-3-4-11(15)8-12(10)16/h3-4,8,19H,2,5-7,9H2,1H3. The maximum absolute atomic E-state index is 13.5. The minimum Gasteiger partial charge on any atom is -0.388 e. The predicted octanol–water partition coefficient (Wildman–Crippen LogP) is 1.88. The molecule has 1 fully saturated rings. The van der Waals surface area contributed by atoms with Crippen molar-refractivity contribution >= 4 is 5.91 Å². The first kappa shape index (κ1) is 13.9. The Bertz CT molecular complexity index is 488. The first-order valence-electron chi connectivity index (χ1n) is 6.31. The van der Waals surface area contributed by atoms with Gasteiger partial charge in [0.15, 0.2) is 0 Å². The maximum Gasteiger partial charge on any atom is 0.227 e. The van der Waals surface area contributed by atoms with Crippen LogP contribution >= 0.6 is 0 Å². The Morgan fingerprint density at radius 1 is 1.47 bits per heavy atom. The third kappa shape index (κ3) is 3.50. The van der Waals surface area contributed by atoms with Gasteiger partial charge in [0.1, 0.15) is 11.6 Å². The van der Waals surface area contributed by atoms with Crippen LogP contribution in [0.3, 0.4) is 0 Å². The van der Waals surface area contributed by atoms with Gasteiger partial charge in [-0.1, -0.05) is 6.07 Å². The van der Waals surface area contributed by atoms with Crippen molar-refractivity contribution in [1.82, 2.24) is 4.90 Å². The lowest BCUT2D eigenvalue weighted by molar-refractivity contribution is -0.136. The number of carbonyl (C=O) groups is 1. The van der Waals surface area contributed by atoms with Gasteiger partial charge in [-0.3, -0.25) is 4.79 Å². The molecule has 19 heavy (non-hydrogen) atoms. The Morgan fingerprint density at radius 2 is 2.21 bits per heavy atom. The van der Waals surface area contributed by atoms with Crippen molar-refractivity contribution in [3.63, 3.8) is 0 Å². The normalized spacial score (nSPS) is 23.5. The largest absolute Gasteiger partial charge is 0.388 e. The molecule has 0 radical (unpaired) electrons. The zero-order valence-electron chi connectivity index (χ0n) is 10.8. The van der Waals surface area contributed by atoms with Crippen molar-refractivity contribution in [1.29, 1.82) is 0 Å². The number of likely N-dealkylation sites (tertiary alicyclic amines) is 1. The van der Waals surface area contributed by atoms with Crippen LogP contribution in [0.2, 0.25) is 0 Å². The van der Waals surface area contributed by atoms with E-state index in [9.17, 15) is 18.7 Å². The van der Waals surface area contributed by atoms with Gasteiger partial charge in [-0.05, 0) is 31.4 Å². The molecular formula is C14H17F2NO2. The van der Waals surface area contributed by atoms with E-state index in [0.717, 1.165) is 18.6 Å². The van der Waals surface area contributed by atoms with E-state index in [2.05, 4.69) is 0 Å². The molecule has 1 aliphatic rings. The average molecular weight is 269 g/mol. The fourth-order valence-electron chi connectivity index (χ4n) is 2.37. The fourth-order valence-corrected chi connectivity index (χ4v) is 2.37. The van der Waals surface area contributed by atoms with Crippen LogP contribution in [-0.4, -0.2) is 34.6 Å². The quantitative estimate of drug-likeness (QED) is 0.890. The molecule has 0 bridgehead atoms. The van der Waals surface area contributed by atoms with Gasteiger partial charge in [-0.2, -0.15) is 0 Å². The highest BCUT2D eigenvalue weighted by atomic mass is 19.1. The topological polar surface area (TPSA) is 40.5 Å². The minimum atomic E-state index is -0.880. The highest BCUT2D eigenvalue weighted by Crippen LogP contribution is 2.21. The van der Waals surface area contributed by atoms with E-state index in [-0.39, 0.29) is 24.4 Å². The Morgan fingerprint density at radius 3 is 2.84 bits per heavy atom. The number of aliphatic hydroxyl groups is 1. The van der Waals surface area contributed by atoms with Gasteiger partial charge < -0.3 is 10.0 Å². The molecule has 1 aromatic rings. The van der Waals surface area contributed by atoms with E-state index in [1.54, 1.807) is 6.92 Å². The van der Waals surface area contributed by atoms with E-state index in [4.69, 9.17) is 0 Å². The summed E-state index contributed by atoms with van der Waals surface area (Å²) in [5.74, 6) is -1.61. The molecule has 1 amide bonds. The minimum absolute atomic E-state index is 0.109. The van der Waals surface area contributed by atoms with E-state index < -0.39 is 17.2 Å². The number of piperidine rings is 1. The number of rotatable bonds is 2. The summed E-state index contributed by atoms with van der Waals surface area (Å²) in [5, 5.41) is 9.93. The molecule has 3 nitrogen and oxygen atoms in total. The number of carbonyl (C=O) groups excluding carboxylic acids is 1. The summed E-state index contributed by atoms with van der Waals surface area (Å²) in [4.78, 5) is 13.6. The summed E-state index contributed by atoms with van der Waals surface area (Å²) in [7, 11) is 0. The molecule has 5 heteroatoms. The fraction of sp³-hybridized carbons (Fsp3) is 0.500.